The molecule has 0 fully saturated rings. The topological polar surface area (TPSA) is 53.1 Å². The molecule has 0 saturated carbocycles. The van der Waals surface area contributed by atoms with Crippen LogP contribution in [0.1, 0.15) is 30.4 Å². The first-order valence-corrected chi connectivity index (χ1v) is 12.0. The third kappa shape index (κ3) is 6.20. The van der Waals surface area contributed by atoms with E-state index in [-0.39, 0.29) is 0 Å². The third-order valence-corrected chi connectivity index (χ3v) is 6.11. The van der Waals surface area contributed by atoms with Crippen LogP contribution in [0.3, 0.4) is 0 Å². The Kier molecular flexibility index (Phi) is 7.74. The second-order valence-corrected chi connectivity index (χ2v) is 8.98. The summed E-state index contributed by atoms with van der Waals surface area (Å²) in [6, 6.07) is 17.1. The van der Waals surface area contributed by atoms with E-state index >= 15 is 0 Å². The van der Waals surface area contributed by atoms with E-state index < -0.39 is 0 Å². The molecule has 0 aliphatic heterocycles. The number of hydrogen-bond donors (Lipinski definition) is 2. The molecule has 0 aliphatic rings. The van der Waals surface area contributed by atoms with E-state index in [1.54, 1.807) is 0 Å². The summed E-state index contributed by atoms with van der Waals surface area (Å²) in [7, 11) is 2.22. The van der Waals surface area contributed by atoms with Crippen LogP contribution in [0.25, 0.3) is 21.8 Å². The Labute approximate surface area is 197 Å². The fraction of sp³-hybridized carbons (Fsp3) is 0.357. The summed E-state index contributed by atoms with van der Waals surface area (Å²) in [4.78, 5) is 11.4. The number of pyridine rings is 2. The molecule has 5 nitrogen and oxygen atoms in total. The molecule has 0 bridgehead atoms. The molecule has 0 spiro atoms. The van der Waals surface area contributed by atoms with Crippen molar-refractivity contribution in [3.8, 4) is 0 Å². The molecule has 0 atom stereocenters. The van der Waals surface area contributed by atoms with Crippen LogP contribution < -0.4 is 10.6 Å². The van der Waals surface area contributed by atoms with Gasteiger partial charge in [0.25, 0.3) is 0 Å². The zero-order valence-corrected chi connectivity index (χ0v) is 20.1. The number of benzene rings is 2. The number of hydrogen-bond acceptors (Lipinski definition) is 5. The molecule has 2 N–H and O–H groups in total. The molecule has 0 saturated heterocycles. The first-order chi connectivity index (χ1) is 16.1. The lowest BCUT2D eigenvalue weighted by atomic mass is 10.1. The molecule has 0 unspecified atom stereocenters. The first kappa shape index (κ1) is 23.0. The van der Waals surface area contributed by atoms with Crippen LogP contribution in [0.15, 0.2) is 60.9 Å². The average Bonchev–Trinajstić information content (AvgIpc) is 2.81. The van der Waals surface area contributed by atoms with E-state index in [0.717, 1.165) is 50.1 Å². The summed E-state index contributed by atoms with van der Waals surface area (Å²) in [5.74, 6) is 0. The van der Waals surface area contributed by atoms with E-state index in [0.29, 0.717) is 0 Å². The Morgan fingerprint density at radius 3 is 1.76 bits per heavy atom. The standard InChI is InChI=1S/C28H35N5/c1-21-7-9-23-25(11-15-31-27(23)19-21)29-13-4-5-17-33(3)18-6-14-30-26-12-16-32-28-20-22(2)8-10-24(26)28/h7-12,15-16,19-20H,4-6,13-14,17-18H2,1-3H3,(H,29,31)(H,30,32). The van der Waals surface area contributed by atoms with E-state index in [1.807, 2.05) is 12.4 Å². The number of unbranched alkanes of at least 4 members (excludes halogenated alkanes) is 1. The number of rotatable bonds is 11. The minimum atomic E-state index is 0.966. The summed E-state index contributed by atoms with van der Waals surface area (Å²) in [6.45, 7) is 8.38. The Morgan fingerprint density at radius 1 is 0.667 bits per heavy atom. The van der Waals surface area contributed by atoms with E-state index in [1.165, 1.54) is 39.7 Å². The van der Waals surface area contributed by atoms with Crippen molar-refractivity contribution in [2.24, 2.45) is 0 Å². The van der Waals surface area contributed by atoms with E-state index in [4.69, 9.17) is 0 Å². The van der Waals surface area contributed by atoms with Gasteiger partial charge in [-0.3, -0.25) is 9.97 Å². The normalized spacial score (nSPS) is 11.4. The van der Waals surface area contributed by atoms with Gasteiger partial charge in [-0.15, -0.1) is 0 Å². The van der Waals surface area contributed by atoms with Crippen molar-refractivity contribution >= 4 is 33.2 Å². The maximum atomic E-state index is 4.49. The number of nitrogens with zero attached hydrogens (tertiary/aromatic N) is 3. The molecular formula is C28H35N5. The number of anilines is 2. The van der Waals surface area contributed by atoms with Gasteiger partial charge in [-0.05, 0) is 88.6 Å². The molecule has 2 aromatic carbocycles. The highest BCUT2D eigenvalue weighted by atomic mass is 15.1. The van der Waals surface area contributed by atoms with Crippen molar-refractivity contribution in [3.63, 3.8) is 0 Å². The van der Waals surface area contributed by atoms with Crippen LogP contribution in [0, 0.1) is 13.8 Å². The lowest BCUT2D eigenvalue weighted by molar-refractivity contribution is 0.326. The third-order valence-electron chi connectivity index (χ3n) is 6.11. The van der Waals surface area contributed by atoms with Gasteiger partial charge in [-0.25, -0.2) is 0 Å². The fourth-order valence-corrected chi connectivity index (χ4v) is 4.24. The lowest BCUT2D eigenvalue weighted by Gasteiger charge is -2.17. The minimum absolute atomic E-state index is 0.966. The monoisotopic (exact) mass is 441 g/mol. The van der Waals surface area contributed by atoms with Gasteiger partial charge < -0.3 is 15.5 Å². The molecular weight excluding hydrogens is 406 g/mol. The Hall–Kier alpha value is -3.18. The van der Waals surface area contributed by atoms with Crippen LogP contribution >= 0.6 is 0 Å². The molecule has 0 amide bonds. The van der Waals surface area contributed by atoms with Gasteiger partial charge in [-0.2, -0.15) is 0 Å². The number of aryl methyl sites for hydroxylation is 2. The molecule has 4 aromatic rings. The second kappa shape index (κ2) is 11.1. The number of aromatic nitrogens is 2. The summed E-state index contributed by atoms with van der Waals surface area (Å²) < 4.78 is 0. The van der Waals surface area contributed by atoms with Crippen molar-refractivity contribution in [2.75, 3.05) is 43.9 Å². The second-order valence-electron chi connectivity index (χ2n) is 8.98. The van der Waals surface area contributed by atoms with Crippen LogP contribution in [-0.2, 0) is 0 Å². The van der Waals surface area contributed by atoms with Gasteiger partial charge in [0.05, 0.1) is 11.0 Å². The van der Waals surface area contributed by atoms with Crippen molar-refractivity contribution in [2.45, 2.75) is 33.1 Å². The largest absolute Gasteiger partial charge is 0.384 e. The smallest absolute Gasteiger partial charge is 0.0725 e. The van der Waals surface area contributed by atoms with Gasteiger partial charge in [0.1, 0.15) is 0 Å². The van der Waals surface area contributed by atoms with Crippen LogP contribution in [0.2, 0.25) is 0 Å². The maximum Gasteiger partial charge on any atom is 0.0725 e. The van der Waals surface area contributed by atoms with Crippen LogP contribution in [0.5, 0.6) is 0 Å². The number of fused-ring (bicyclic) bond motifs is 2. The molecule has 0 radical (unpaired) electrons. The summed E-state index contributed by atoms with van der Waals surface area (Å²) in [5, 5.41) is 9.58. The van der Waals surface area contributed by atoms with Crippen molar-refractivity contribution in [1.29, 1.82) is 0 Å². The van der Waals surface area contributed by atoms with Gasteiger partial charge in [0, 0.05) is 47.6 Å². The summed E-state index contributed by atoms with van der Waals surface area (Å²) in [5.41, 5.74) is 6.96. The first-order valence-electron chi connectivity index (χ1n) is 12.0. The van der Waals surface area contributed by atoms with E-state index in [9.17, 15) is 0 Å². The highest BCUT2D eigenvalue weighted by Gasteiger charge is 2.04. The quantitative estimate of drug-likeness (QED) is 0.279. The fourth-order valence-electron chi connectivity index (χ4n) is 4.24. The molecule has 5 heteroatoms. The molecule has 33 heavy (non-hydrogen) atoms. The predicted molar refractivity (Wildman–Crippen MR) is 141 cm³/mol. The van der Waals surface area contributed by atoms with Gasteiger partial charge in [-0.1, -0.05) is 24.3 Å². The van der Waals surface area contributed by atoms with Crippen LogP contribution in [-0.4, -0.2) is 48.1 Å². The zero-order valence-electron chi connectivity index (χ0n) is 20.1. The molecule has 172 valence electrons. The van der Waals surface area contributed by atoms with Crippen molar-refractivity contribution in [1.82, 2.24) is 14.9 Å². The summed E-state index contributed by atoms with van der Waals surface area (Å²) >= 11 is 0. The average molecular weight is 442 g/mol. The van der Waals surface area contributed by atoms with Gasteiger partial charge in [0.2, 0.25) is 0 Å². The summed E-state index contributed by atoms with van der Waals surface area (Å²) in [6.07, 6.45) is 7.24. The van der Waals surface area contributed by atoms with Crippen molar-refractivity contribution in [3.05, 3.63) is 72.1 Å². The SMILES string of the molecule is Cc1ccc2c(NCCCCN(C)CCCNc3ccnc4cc(C)ccc34)ccnc2c1. The maximum absolute atomic E-state index is 4.49. The molecule has 4 rings (SSSR count). The van der Waals surface area contributed by atoms with E-state index in [2.05, 4.69) is 94.9 Å². The highest BCUT2D eigenvalue weighted by molar-refractivity contribution is 5.92. The Balaban J connectivity index is 1.14. The molecule has 2 aromatic heterocycles. The Morgan fingerprint density at radius 2 is 1.18 bits per heavy atom. The highest BCUT2D eigenvalue weighted by Crippen LogP contribution is 2.23. The zero-order chi connectivity index (χ0) is 23.0. The molecule has 0 aliphatic carbocycles. The van der Waals surface area contributed by atoms with Crippen molar-refractivity contribution < 1.29 is 0 Å². The van der Waals surface area contributed by atoms with Gasteiger partial charge >= 0.3 is 0 Å². The van der Waals surface area contributed by atoms with Crippen LogP contribution in [0.4, 0.5) is 11.4 Å². The molecule has 2 heterocycles. The minimum Gasteiger partial charge on any atom is -0.384 e. The lowest BCUT2D eigenvalue weighted by Crippen LogP contribution is -2.23. The van der Waals surface area contributed by atoms with Gasteiger partial charge in [0.15, 0.2) is 0 Å². The number of nitrogens with one attached hydrogen (secondary N) is 2. The Bertz CT molecular complexity index is 1200. The predicted octanol–water partition coefficient (Wildman–Crippen LogP) is 6.03.